The van der Waals surface area contributed by atoms with Gasteiger partial charge in [0.1, 0.15) is 0 Å². The quantitative estimate of drug-likeness (QED) is 0.640. The van der Waals surface area contributed by atoms with Gasteiger partial charge in [0.15, 0.2) is 0 Å². The van der Waals surface area contributed by atoms with Crippen LogP contribution in [0.25, 0.3) is 21.7 Å². The first-order chi connectivity index (χ1) is 8.24. The topological polar surface area (TPSA) is 76.0 Å². The number of carboxylic acid groups (broad SMARTS) is 1. The summed E-state index contributed by atoms with van der Waals surface area (Å²) in [5.74, 6) is -0.937. The van der Waals surface area contributed by atoms with Gasteiger partial charge in [-0.15, -0.1) is 10.2 Å². The average Bonchev–Trinajstić information content (AvgIpc) is 2.35. The van der Waals surface area contributed by atoms with Gasteiger partial charge in [-0.25, -0.2) is 4.79 Å². The van der Waals surface area contributed by atoms with Crippen molar-refractivity contribution in [1.29, 1.82) is 0 Å². The molecule has 1 heterocycles. The van der Waals surface area contributed by atoms with Crippen LogP contribution in [0.1, 0.15) is 10.4 Å². The maximum Gasteiger partial charge on any atom is 0.335 e. The lowest BCUT2D eigenvalue weighted by molar-refractivity contribution is 0.0697. The van der Waals surface area contributed by atoms with Crippen LogP contribution in [0.4, 0.5) is 0 Å². The Labute approximate surface area is 95.7 Å². The molecule has 0 fully saturated rings. The van der Waals surface area contributed by atoms with Gasteiger partial charge in [0, 0.05) is 5.39 Å². The average molecular weight is 225 g/mol. The van der Waals surface area contributed by atoms with Gasteiger partial charge in [-0.2, -0.15) is 0 Å². The molecule has 0 atom stereocenters. The lowest BCUT2D eigenvalue weighted by Gasteiger charge is -2.01. The zero-order valence-corrected chi connectivity index (χ0v) is 8.66. The lowest BCUT2D eigenvalue weighted by atomic mass is 10.1. The van der Waals surface area contributed by atoms with Gasteiger partial charge >= 0.3 is 5.97 Å². The molecule has 5 heteroatoms. The fourth-order valence-electron chi connectivity index (χ4n) is 1.79. The summed E-state index contributed by atoms with van der Waals surface area (Å²) < 4.78 is 0. The first kappa shape index (κ1) is 9.65. The van der Waals surface area contributed by atoms with Crippen molar-refractivity contribution in [2.45, 2.75) is 0 Å². The third-order valence-corrected chi connectivity index (χ3v) is 2.63. The largest absolute Gasteiger partial charge is 0.478 e. The van der Waals surface area contributed by atoms with Crippen molar-refractivity contribution in [3.8, 4) is 0 Å². The molecule has 0 aliphatic heterocycles. The number of nitrogens with zero attached hydrogens (tertiary/aromatic N) is 3. The van der Waals surface area contributed by atoms with Crippen LogP contribution < -0.4 is 0 Å². The van der Waals surface area contributed by atoms with Crippen LogP contribution in [0.2, 0.25) is 0 Å². The fraction of sp³-hybridized carbons (Fsp3) is 0. The highest BCUT2D eigenvalue weighted by Crippen LogP contribution is 2.21. The minimum Gasteiger partial charge on any atom is -0.478 e. The highest BCUT2D eigenvalue weighted by Gasteiger charge is 2.05. The van der Waals surface area contributed by atoms with Gasteiger partial charge in [-0.3, -0.25) is 0 Å². The lowest BCUT2D eigenvalue weighted by Crippen LogP contribution is -1.95. The molecule has 2 aromatic carbocycles. The van der Waals surface area contributed by atoms with Crippen molar-refractivity contribution < 1.29 is 9.90 Å². The molecule has 17 heavy (non-hydrogen) atoms. The molecular formula is C12H7N3O2. The summed E-state index contributed by atoms with van der Waals surface area (Å²) in [5, 5.41) is 22.8. The van der Waals surface area contributed by atoms with Gasteiger partial charge in [0.2, 0.25) is 0 Å². The minimum atomic E-state index is -0.937. The van der Waals surface area contributed by atoms with E-state index in [1.807, 2.05) is 12.1 Å². The third-order valence-electron chi connectivity index (χ3n) is 2.63. The summed E-state index contributed by atoms with van der Waals surface area (Å²) >= 11 is 0. The van der Waals surface area contributed by atoms with Crippen LogP contribution >= 0.6 is 0 Å². The Morgan fingerprint density at radius 2 is 1.94 bits per heavy atom. The highest BCUT2D eigenvalue weighted by atomic mass is 16.4. The van der Waals surface area contributed by atoms with E-state index in [1.165, 1.54) is 0 Å². The SMILES string of the molecule is O=C(O)c1ccc2cc3cnnnc3cc2c1. The highest BCUT2D eigenvalue weighted by molar-refractivity contribution is 5.99. The Morgan fingerprint density at radius 3 is 2.76 bits per heavy atom. The van der Waals surface area contributed by atoms with Crippen molar-refractivity contribution in [3.63, 3.8) is 0 Å². The van der Waals surface area contributed by atoms with E-state index < -0.39 is 5.97 Å². The number of rotatable bonds is 1. The Balaban J connectivity index is 2.36. The Hall–Kier alpha value is -2.56. The van der Waals surface area contributed by atoms with Gasteiger partial charge in [-0.05, 0) is 40.3 Å². The van der Waals surface area contributed by atoms with E-state index in [9.17, 15) is 4.79 Å². The second-order valence-electron chi connectivity index (χ2n) is 3.71. The summed E-state index contributed by atoms with van der Waals surface area (Å²) in [7, 11) is 0. The standard InChI is InChI=1S/C12H7N3O2/c16-12(17)8-2-1-7-3-10-6-13-15-14-11(10)5-9(7)4-8/h1-6H,(H,16,17). The third kappa shape index (κ3) is 1.57. The van der Waals surface area contributed by atoms with Gasteiger partial charge < -0.3 is 5.11 Å². The number of fused-ring (bicyclic) bond motifs is 2. The van der Waals surface area contributed by atoms with Crippen molar-refractivity contribution in [2.24, 2.45) is 0 Å². The number of carbonyl (C=O) groups is 1. The molecule has 82 valence electrons. The molecular weight excluding hydrogens is 218 g/mol. The van der Waals surface area contributed by atoms with E-state index in [-0.39, 0.29) is 5.56 Å². The number of hydrogen-bond acceptors (Lipinski definition) is 4. The number of hydrogen-bond donors (Lipinski definition) is 1. The van der Waals surface area contributed by atoms with Crippen LogP contribution in [0.5, 0.6) is 0 Å². The summed E-state index contributed by atoms with van der Waals surface area (Å²) in [6, 6.07) is 8.71. The number of aromatic nitrogens is 3. The van der Waals surface area contributed by atoms with Crippen LogP contribution in [0.3, 0.4) is 0 Å². The van der Waals surface area contributed by atoms with E-state index >= 15 is 0 Å². The molecule has 3 aromatic rings. The molecule has 0 aliphatic carbocycles. The predicted octanol–water partition coefficient (Wildman–Crippen LogP) is 1.88. The second-order valence-corrected chi connectivity index (χ2v) is 3.71. The first-order valence-corrected chi connectivity index (χ1v) is 4.99. The smallest absolute Gasteiger partial charge is 0.335 e. The van der Waals surface area contributed by atoms with Crippen molar-refractivity contribution in [3.05, 3.63) is 42.1 Å². The molecule has 0 unspecified atom stereocenters. The molecule has 0 saturated carbocycles. The summed E-state index contributed by atoms with van der Waals surface area (Å²) in [5.41, 5.74) is 0.967. The van der Waals surface area contributed by atoms with E-state index in [0.29, 0.717) is 5.52 Å². The van der Waals surface area contributed by atoms with Crippen LogP contribution in [0, 0.1) is 0 Å². The van der Waals surface area contributed by atoms with Gasteiger partial charge in [-0.1, -0.05) is 6.07 Å². The van der Waals surface area contributed by atoms with E-state index in [1.54, 1.807) is 24.4 Å². The number of carboxylic acids is 1. The monoisotopic (exact) mass is 225 g/mol. The number of aromatic carboxylic acids is 1. The van der Waals surface area contributed by atoms with Crippen LogP contribution in [-0.2, 0) is 0 Å². The minimum absolute atomic E-state index is 0.263. The normalized spacial score (nSPS) is 10.8. The predicted molar refractivity (Wildman–Crippen MR) is 61.8 cm³/mol. The van der Waals surface area contributed by atoms with Crippen molar-refractivity contribution >= 4 is 27.6 Å². The maximum atomic E-state index is 10.9. The summed E-state index contributed by atoms with van der Waals surface area (Å²) in [4.78, 5) is 10.9. The zero-order valence-electron chi connectivity index (χ0n) is 8.66. The fourth-order valence-corrected chi connectivity index (χ4v) is 1.79. The maximum absolute atomic E-state index is 10.9. The van der Waals surface area contributed by atoms with Crippen LogP contribution in [-0.4, -0.2) is 26.5 Å². The Kier molecular flexibility index (Phi) is 1.98. The molecule has 0 bridgehead atoms. The molecule has 1 aromatic heterocycles. The molecule has 0 saturated heterocycles. The van der Waals surface area contributed by atoms with Gasteiger partial charge in [0.05, 0.1) is 17.3 Å². The van der Waals surface area contributed by atoms with E-state index in [4.69, 9.17) is 5.11 Å². The Bertz CT molecular complexity index is 740. The van der Waals surface area contributed by atoms with Crippen LogP contribution in [0.15, 0.2) is 36.5 Å². The summed E-state index contributed by atoms with van der Waals surface area (Å²) in [6.45, 7) is 0. The molecule has 5 nitrogen and oxygen atoms in total. The zero-order chi connectivity index (χ0) is 11.8. The first-order valence-electron chi connectivity index (χ1n) is 4.99. The van der Waals surface area contributed by atoms with E-state index in [0.717, 1.165) is 16.2 Å². The summed E-state index contributed by atoms with van der Waals surface area (Å²) in [6.07, 6.45) is 1.63. The number of benzene rings is 2. The van der Waals surface area contributed by atoms with Crippen molar-refractivity contribution in [2.75, 3.05) is 0 Å². The second kappa shape index (κ2) is 3.48. The van der Waals surface area contributed by atoms with Gasteiger partial charge in [0.25, 0.3) is 0 Å². The Morgan fingerprint density at radius 1 is 1.06 bits per heavy atom. The van der Waals surface area contributed by atoms with Crippen molar-refractivity contribution in [1.82, 2.24) is 15.4 Å². The molecule has 3 rings (SSSR count). The molecule has 0 spiro atoms. The molecule has 0 radical (unpaired) electrons. The molecule has 1 N–H and O–H groups in total. The van der Waals surface area contributed by atoms with E-state index in [2.05, 4.69) is 15.4 Å². The molecule has 0 aliphatic rings. The molecule has 0 amide bonds.